The molecule has 3 rings (SSSR count). The van der Waals surface area contributed by atoms with Gasteiger partial charge in [0, 0.05) is 5.56 Å². The lowest BCUT2D eigenvalue weighted by atomic mass is 10.1. The Labute approximate surface area is 147 Å². The molecule has 1 unspecified atom stereocenters. The van der Waals surface area contributed by atoms with Gasteiger partial charge in [-0.2, -0.15) is 0 Å². The third kappa shape index (κ3) is 3.56. The van der Waals surface area contributed by atoms with Crippen LogP contribution in [0.3, 0.4) is 0 Å². The zero-order valence-corrected chi connectivity index (χ0v) is 15.1. The second-order valence-corrected chi connectivity index (χ2v) is 6.53. The molecule has 1 aromatic heterocycles. The summed E-state index contributed by atoms with van der Waals surface area (Å²) >= 11 is 0. The Kier molecular flexibility index (Phi) is 4.86. The van der Waals surface area contributed by atoms with E-state index in [1.54, 1.807) is 13.2 Å². The van der Waals surface area contributed by atoms with Crippen LogP contribution in [-0.2, 0) is 6.54 Å². The van der Waals surface area contributed by atoms with E-state index in [0.717, 1.165) is 23.4 Å². The first-order valence-corrected chi connectivity index (χ1v) is 8.44. The summed E-state index contributed by atoms with van der Waals surface area (Å²) in [6.07, 6.45) is 0. The molecule has 0 bridgehead atoms. The van der Waals surface area contributed by atoms with Crippen LogP contribution in [0.4, 0.5) is 0 Å². The van der Waals surface area contributed by atoms with Crippen LogP contribution in [0.1, 0.15) is 29.9 Å². The number of ether oxygens (including phenoxy) is 1. The lowest BCUT2D eigenvalue weighted by molar-refractivity contribution is -0.924. The lowest BCUT2D eigenvalue weighted by Crippen LogP contribution is -3.07. The molecule has 5 heteroatoms. The van der Waals surface area contributed by atoms with Crippen LogP contribution in [0, 0.1) is 6.92 Å². The molecule has 0 aliphatic rings. The van der Waals surface area contributed by atoms with Crippen LogP contribution in [0.15, 0.2) is 47.3 Å². The molecule has 1 heterocycles. The first-order valence-electron chi connectivity index (χ1n) is 8.44. The predicted octanol–water partition coefficient (Wildman–Crippen LogP) is 2.02. The maximum Gasteiger partial charge on any atom is 0.258 e. The maximum atomic E-state index is 12.3. The Balaban J connectivity index is 1.89. The summed E-state index contributed by atoms with van der Waals surface area (Å²) in [4.78, 5) is 21.1. The van der Waals surface area contributed by atoms with Crippen molar-refractivity contribution in [3.8, 4) is 5.75 Å². The molecule has 0 aliphatic heterocycles. The molecule has 0 spiro atoms. The van der Waals surface area contributed by atoms with Crippen molar-refractivity contribution < 1.29 is 9.64 Å². The highest BCUT2D eigenvalue weighted by Gasteiger charge is 2.20. The molecule has 25 heavy (non-hydrogen) atoms. The van der Waals surface area contributed by atoms with Gasteiger partial charge in [-0.3, -0.25) is 4.79 Å². The van der Waals surface area contributed by atoms with Gasteiger partial charge in [-0.15, -0.1) is 0 Å². The summed E-state index contributed by atoms with van der Waals surface area (Å²) in [5, 5.41) is 0.622. The largest absolute Gasteiger partial charge is 0.496 e. The number of methoxy groups -OCH3 is 1. The van der Waals surface area contributed by atoms with Crippen LogP contribution >= 0.6 is 0 Å². The third-order valence-electron chi connectivity index (χ3n) is 4.69. The lowest BCUT2D eigenvalue weighted by Gasteiger charge is -2.22. The molecule has 3 aromatic rings. The minimum Gasteiger partial charge on any atom is -0.496 e. The molecule has 0 saturated heterocycles. The summed E-state index contributed by atoms with van der Waals surface area (Å²) in [5.41, 5.74) is 2.99. The number of nitrogens with one attached hydrogen (secondary N) is 2. The fourth-order valence-corrected chi connectivity index (χ4v) is 3.04. The van der Waals surface area contributed by atoms with E-state index < -0.39 is 0 Å². The Bertz CT molecular complexity index is 949. The molecule has 5 nitrogen and oxygen atoms in total. The predicted molar refractivity (Wildman–Crippen MR) is 99.1 cm³/mol. The number of fused-ring (bicyclic) bond motifs is 1. The molecular formula is C20H24N3O2+. The Morgan fingerprint density at radius 1 is 1.24 bits per heavy atom. The first kappa shape index (κ1) is 17.2. The molecular weight excluding hydrogens is 314 g/mol. The number of benzene rings is 2. The van der Waals surface area contributed by atoms with Crippen molar-refractivity contribution >= 4 is 10.9 Å². The Morgan fingerprint density at radius 3 is 2.76 bits per heavy atom. The fraction of sp³-hybridized carbons (Fsp3) is 0.300. The molecule has 0 radical (unpaired) electrons. The van der Waals surface area contributed by atoms with Crippen molar-refractivity contribution in [1.29, 1.82) is 0 Å². The number of aromatic amines is 1. The highest BCUT2D eigenvalue weighted by atomic mass is 16.5. The topological polar surface area (TPSA) is 59.4 Å². The van der Waals surface area contributed by atoms with Gasteiger partial charge in [-0.05, 0) is 38.1 Å². The maximum absolute atomic E-state index is 12.3. The van der Waals surface area contributed by atoms with Gasteiger partial charge in [-0.1, -0.05) is 23.8 Å². The van der Waals surface area contributed by atoms with E-state index in [1.165, 1.54) is 10.5 Å². The summed E-state index contributed by atoms with van der Waals surface area (Å²) in [6, 6.07) is 13.7. The summed E-state index contributed by atoms with van der Waals surface area (Å²) < 4.78 is 5.48. The number of hydrogen-bond acceptors (Lipinski definition) is 3. The summed E-state index contributed by atoms with van der Waals surface area (Å²) in [6.45, 7) is 4.93. The van der Waals surface area contributed by atoms with Crippen molar-refractivity contribution in [2.75, 3.05) is 14.2 Å². The van der Waals surface area contributed by atoms with Crippen LogP contribution in [-0.4, -0.2) is 24.1 Å². The van der Waals surface area contributed by atoms with Gasteiger partial charge in [0.1, 0.15) is 18.3 Å². The van der Waals surface area contributed by atoms with Crippen LogP contribution in [0.25, 0.3) is 10.9 Å². The SMILES string of the molecule is COc1ccc(C)cc1C[NH+](C)[C@@H](C)c1nc2ccccc2c(=O)[nH]1. The third-order valence-corrected chi connectivity index (χ3v) is 4.69. The van der Waals surface area contributed by atoms with Gasteiger partial charge in [-0.25, -0.2) is 4.98 Å². The Hall–Kier alpha value is -2.66. The van der Waals surface area contributed by atoms with Gasteiger partial charge in [0.25, 0.3) is 5.56 Å². The second-order valence-electron chi connectivity index (χ2n) is 6.53. The van der Waals surface area contributed by atoms with E-state index in [1.807, 2.05) is 30.3 Å². The number of para-hydroxylation sites is 1. The standard InChI is InChI=1S/C20H23N3O2/c1-13-9-10-18(25-4)15(11-13)12-23(3)14(2)19-21-17-8-6-5-7-16(17)20(24)22-19/h5-11,14H,12H2,1-4H3,(H,21,22,24)/p+1/t14-/m0/s1. The number of rotatable bonds is 5. The van der Waals surface area contributed by atoms with Crippen molar-refractivity contribution in [3.05, 3.63) is 69.8 Å². The second kappa shape index (κ2) is 7.07. The van der Waals surface area contributed by atoms with E-state index in [4.69, 9.17) is 4.74 Å². The van der Waals surface area contributed by atoms with E-state index in [2.05, 4.69) is 36.9 Å². The molecule has 2 N–H and O–H groups in total. The first-order chi connectivity index (χ1) is 12.0. The monoisotopic (exact) mass is 338 g/mol. The minimum absolute atomic E-state index is 0.0440. The zero-order valence-electron chi connectivity index (χ0n) is 15.1. The molecule has 0 amide bonds. The quantitative estimate of drug-likeness (QED) is 0.748. The smallest absolute Gasteiger partial charge is 0.258 e. The van der Waals surface area contributed by atoms with Gasteiger partial charge in [0.2, 0.25) is 0 Å². The van der Waals surface area contributed by atoms with E-state index in [0.29, 0.717) is 11.2 Å². The summed E-state index contributed by atoms with van der Waals surface area (Å²) in [5.74, 6) is 1.59. The molecule has 2 atom stereocenters. The van der Waals surface area contributed by atoms with Gasteiger partial charge >= 0.3 is 0 Å². The number of hydrogen-bond donors (Lipinski definition) is 2. The van der Waals surface area contributed by atoms with Crippen LogP contribution in [0.5, 0.6) is 5.75 Å². The van der Waals surface area contributed by atoms with Gasteiger partial charge in [0.15, 0.2) is 5.82 Å². The van der Waals surface area contributed by atoms with Gasteiger partial charge < -0.3 is 14.6 Å². The number of aryl methyl sites for hydroxylation is 1. The van der Waals surface area contributed by atoms with Crippen molar-refractivity contribution in [2.24, 2.45) is 0 Å². The van der Waals surface area contributed by atoms with E-state index in [9.17, 15) is 4.79 Å². The molecule has 130 valence electrons. The van der Waals surface area contributed by atoms with Crippen molar-refractivity contribution in [2.45, 2.75) is 26.4 Å². The van der Waals surface area contributed by atoms with E-state index in [-0.39, 0.29) is 11.6 Å². The molecule has 2 aromatic carbocycles. The van der Waals surface area contributed by atoms with Gasteiger partial charge in [0.05, 0.1) is 25.1 Å². The fourth-order valence-electron chi connectivity index (χ4n) is 3.04. The zero-order chi connectivity index (χ0) is 18.0. The highest BCUT2D eigenvalue weighted by Crippen LogP contribution is 2.19. The molecule has 0 saturated carbocycles. The number of nitrogens with zero attached hydrogens (tertiary/aromatic N) is 1. The Morgan fingerprint density at radius 2 is 2.00 bits per heavy atom. The van der Waals surface area contributed by atoms with Crippen molar-refractivity contribution in [3.63, 3.8) is 0 Å². The van der Waals surface area contributed by atoms with Crippen LogP contribution in [0.2, 0.25) is 0 Å². The normalized spacial score (nSPS) is 13.6. The molecule has 0 fully saturated rings. The minimum atomic E-state index is -0.0895. The highest BCUT2D eigenvalue weighted by molar-refractivity contribution is 5.77. The average Bonchev–Trinajstić information content (AvgIpc) is 2.61. The van der Waals surface area contributed by atoms with E-state index >= 15 is 0 Å². The summed E-state index contributed by atoms with van der Waals surface area (Å²) in [7, 11) is 3.79. The number of H-pyrrole nitrogens is 1. The van der Waals surface area contributed by atoms with Crippen molar-refractivity contribution in [1.82, 2.24) is 9.97 Å². The number of aromatic nitrogens is 2. The average molecular weight is 338 g/mol. The van der Waals surface area contributed by atoms with Crippen LogP contribution < -0.4 is 15.2 Å². The number of quaternary nitrogens is 1. The molecule has 0 aliphatic carbocycles.